The van der Waals surface area contributed by atoms with Crippen LogP contribution < -0.4 is 11.1 Å². The molecule has 0 saturated heterocycles. The van der Waals surface area contributed by atoms with Gasteiger partial charge in [0.15, 0.2) is 0 Å². The highest BCUT2D eigenvalue weighted by Crippen LogP contribution is 2.04. The van der Waals surface area contributed by atoms with E-state index in [0.29, 0.717) is 0 Å². The number of carbonyl (C=O) groups is 1. The van der Waals surface area contributed by atoms with Gasteiger partial charge in [-0.2, -0.15) is 5.26 Å². The summed E-state index contributed by atoms with van der Waals surface area (Å²) in [6, 6.07) is 1.71. The fourth-order valence-electron chi connectivity index (χ4n) is 1.01. The number of guanidine groups is 1. The van der Waals surface area contributed by atoms with Gasteiger partial charge in [0.25, 0.3) is 0 Å². The van der Waals surface area contributed by atoms with Crippen molar-refractivity contribution in [3.05, 3.63) is 12.3 Å². The lowest BCUT2D eigenvalue weighted by molar-refractivity contribution is -0.123. The first kappa shape index (κ1) is 13.2. The van der Waals surface area contributed by atoms with Gasteiger partial charge >= 0.3 is 0 Å². The summed E-state index contributed by atoms with van der Waals surface area (Å²) in [5.74, 6) is -0.391. The Labute approximate surface area is 89.7 Å². The molecule has 0 radical (unpaired) electrons. The zero-order valence-electron chi connectivity index (χ0n) is 9.08. The van der Waals surface area contributed by atoms with Crippen LogP contribution in [0.15, 0.2) is 17.3 Å². The van der Waals surface area contributed by atoms with Gasteiger partial charge in [-0.1, -0.05) is 26.8 Å². The Morgan fingerprint density at radius 1 is 1.73 bits per heavy atom. The second-order valence-electron chi connectivity index (χ2n) is 3.23. The van der Waals surface area contributed by atoms with Crippen LogP contribution in [-0.4, -0.2) is 11.9 Å². The van der Waals surface area contributed by atoms with Crippen LogP contribution in [0.3, 0.4) is 0 Å². The summed E-state index contributed by atoms with van der Waals surface area (Å²) in [4.78, 5) is 15.0. The molecule has 1 amide bonds. The van der Waals surface area contributed by atoms with Gasteiger partial charge in [0, 0.05) is 5.92 Å². The molecule has 0 aromatic heterocycles. The largest absolute Gasteiger partial charge is 0.369 e. The minimum Gasteiger partial charge on any atom is -0.369 e. The lowest BCUT2D eigenvalue weighted by atomic mass is 10.1. The lowest BCUT2D eigenvalue weighted by Crippen LogP contribution is -2.39. The van der Waals surface area contributed by atoms with Gasteiger partial charge in [-0.15, -0.1) is 0 Å². The number of amides is 1. The maximum absolute atomic E-state index is 11.4. The van der Waals surface area contributed by atoms with Crippen molar-refractivity contribution in [2.75, 3.05) is 0 Å². The predicted octanol–water partition coefficient (Wildman–Crippen LogP) is 0.891. The maximum atomic E-state index is 11.4. The third kappa shape index (κ3) is 5.47. The SMILES string of the molecule is C=C(C#N)/N=C(/N)NC(=O)C(C)CCC. The third-order valence-corrected chi connectivity index (χ3v) is 1.81. The first-order chi connectivity index (χ1) is 7.01. The smallest absolute Gasteiger partial charge is 0.229 e. The van der Waals surface area contributed by atoms with Gasteiger partial charge in [0.05, 0.1) is 0 Å². The monoisotopic (exact) mass is 208 g/mol. The van der Waals surface area contributed by atoms with Gasteiger partial charge < -0.3 is 5.73 Å². The fourth-order valence-corrected chi connectivity index (χ4v) is 1.01. The Morgan fingerprint density at radius 2 is 2.33 bits per heavy atom. The van der Waals surface area contributed by atoms with Crippen molar-refractivity contribution in [3.8, 4) is 6.07 Å². The Morgan fingerprint density at radius 3 is 2.80 bits per heavy atom. The molecule has 0 aliphatic carbocycles. The molecule has 1 atom stereocenters. The van der Waals surface area contributed by atoms with Gasteiger partial charge in [-0.3, -0.25) is 10.1 Å². The van der Waals surface area contributed by atoms with Crippen molar-refractivity contribution in [1.82, 2.24) is 5.32 Å². The second-order valence-corrected chi connectivity index (χ2v) is 3.23. The van der Waals surface area contributed by atoms with E-state index in [9.17, 15) is 4.79 Å². The summed E-state index contributed by atoms with van der Waals surface area (Å²) in [6.07, 6.45) is 1.72. The molecule has 0 spiro atoms. The number of nitrogens with two attached hydrogens (primary N) is 1. The Balaban J connectivity index is 4.24. The van der Waals surface area contributed by atoms with E-state index < -0.39 is 0 Å². The van der Waals surface area contributed by atoms with E-state index in [2.05, 4.69) is 16.9 Å². The first-order valence-corrected chi connectivity index (χ1v) is 4.75. The standard InChI is InChI=1S/C10H16N4O/c1-4-5-7(2)9(15)14-10(12)13-8(3)6-11/h7H,3-5H2,1-2H3,(H3,12,13,14,15). The van der Waals surface area contributed by atoms with Gasteiger partial charge in [-0.05, 0) is 6.42 Å². The van der Waals surface area contributed by atoms with E-state index in [4.69, 9.17) is 11.0 Å². The highest BCUT2D eigenvalue weighted by Gasteiger charge is 2.12. The molecule has 5 nitrogen and oxygen atoms in total. The first-order valence-electron chi connectivity index (χ1n) is 4.75. The number of nitrogens with one attached hydrogen (secondary N) is 1. The van der Waals surface area contributed by atoms with E-state index in [0.717, 1.165) is 12.8 Å². The van der Waals surface area contributed by atoms with Crippen LogP contribution in [0.2, 0.25) is 0 Å². The van der Waals surface area contributed by atoms with E-state index in [1.54, 1.807) is 6.07 Å². The maximum Gasteiger partial charge on any atom is 0.229 e. The molecule has 0 rings (SSSR count). The highest BCUT2D eigenvalue weighted by molar-refractivity contribution is 5.97. The number of aliphatic imine (C=N–C) groups is 1. The van der Waals surface area contributed by atoms with Crippen LogP contribution in [0.25, 0.3) is 0 Å². The molecule has 15 heavy (non-hydrogen) atoms. The Hall–Kier alpha value is -1.83. The molecular weight excluding hydrogens is 192 g/mol. The summed E-state index contributed by atoms with van der Waals surface area (Å²) in [7, 11) is 0. The van der Waals surface area contributed by atoms with Crippen LogP contribution in [0.1, 0.15) is 26.7 Å². The quantitative estimate of drug-likeness (QED) is 0.408. The third-order valence-electron chi connectivity index (χ3n) is 1.81. The molecule has 0 aliphatic rings. The van der Waals surface area contributed by atoms with Crippen LogP contribution in [0.5, 0.6) is 0 Å². The molecule has 82 valence electrons. The van der Waals surface area contributed by atoms with Gasteiger partial charge in [-0.25, -0.2) is 4.99 Å². The molecule has 0 aliphatic heterocycles. The summed E-state index contributed by atoms with van der Waals surface area (Å²) in [5, 5.41) is 10.8. The minimum absolute atomic E-state index is 0.0315. The summed E-state index contributed by atoms with van der Waals surface area (Å²) < 4.78 is 0. The average molecular weight is 208 g/mol. The van der Waals surface area contributed by atoms with Crippen molar-refractivity contribution in [2.45, 2.75) is 26.7 Å². The minimum atomic E-state index is -0.191. The fraction of sp³-hybridized carbons (Fsp3) is 0.500. The zero-order valence-corrected chi connectivity index (χ0v) is 9.08. The number of hydrogen-bond donors (Lipinski definition) is 2. The Kier molecular flexibility index (Phi) is 5.79. The van der Waals surface area contributed by atoms with E-state index in [-0.39, 0.29) is 23.5 Å². The zero-order chi connectivity index (χ0) is 11.8. The Bertz CT molecular complexity index is 314. The predicted molar refractivity (Wildman–Crippen MR) is 58.6 cm³/mol. The number of allylic oxidation sites excluding steroid dienone is 1. The van der Waals surface area contributed by atoms with Gasteiger partial charge in [0.2, 0.25) is 11.9 Å². The number of nitrogens with zero attached hydrogens (tertiary/aromatic N) is 2. The van der Waals surface area contributed by atoms with Crippen molar-refractivity contribution in [1.29, 1.82) is 5.26 Å². The molecule has 3 N–H and O–H groups in total. The van der Waals surface area contributed by atoms with Crippen LogP contribution >= 0.6 is 0 Å². The van der Waals surface area contributed by atoms with Crippen LogP contribution in [0.4, 0.5) is 0 Å². The number of hydrogen-bond acceptors (Lipinski definition) is 3. The van der Waals surface area contributed by atoms with Crippen LogP contribution in [-0.2, 0) is 4.79 Å². The van der Waals surface area contributed by atoms with E-state index in [1.165, 1.54) is 0 Å². The molecule has 5 heteroatoms. The number of rotatable bonds is 4. The molecule has 1 unspecified atom stereocenters. The molecule has 0 aromatic carbocycles. The molecule has 0 heterocycles. The lowest BCUT2D eigenvalue weighted by Gasteiger charge is -2.09. The highest BCUT2D eigenvalue weighted by atomic mass is 16.2. The molecule has 0 bridgehead atoms. The normalized spacial score (nSPS) is 12.7. The van der Waals surface area contributed by atoms with Crippen molar-refractivity contribution in [3.63, 3.8) is 0 Å². The van der Waals surface area contributed by atoms with E-state index in [1.807, 2.05) is 13.8 Å². The summed E-state index contributed by atoms with van der Waals surface area (Å²) >= 11 is 0. The topological polar surface area (TPSA) is 91.3 Å². The van der Waals surface area contributed by atoms with Gasteiger partial charge in [0.1, 0.15) is 11.8 Å². The number of carbonyl (C=O) groups excluding carboxylic acids is 1. The molecule has 0 fully saturated rings. The van der Waals surface area contributed by atoms with Crippen molar-refractivity contribution in [2.24, 2.45) is 16.6 Å². The van der Waals surface area contributed by atoms with Crippen molar-refractivity contribution >= 4 is 11.9 Å². The van der Waals surface area contributed by atoms with Crippen LogP contribution in [0, 0.1) is 17.2 Å². The van der Waals surface area contributed by atoms with Crippen molar-refractivity contribution < 1.29 is 4.79 Å². The number of nitriles is 1. The molecular formula is C10H16N4O. The summed E-state index contributed by atoms with van der Waals surface area (Å²) in [5.41, 5.74) is 5.36. The summed E-state index contributed by atoms with van der Waals surface area (Å²) in [6.45, 7) is 7.13. The molecule has 0 saturated carbocycles. The molecule has 0 aromatic rings. The van der Waals surface area contributed by atoms with E-state index >= 15 is 0 Å². The average Bonchev–Trinajstić information content (AvgIpc) is 2.17. The second kappa shape index (κ2) is 6.60.